The number of aliphatic hydroxyl groups excluding tert-OH is 1. The Morgan fingerprint density at radius 1 is 1.22 bits per heavy atom. The first-order chi connectivity index (χ1) is 8.69. The molecule has 1 aromatic carbocycles. The highest BCUT2D eigenvalue weighted by Gasteiger charge is 2.03. The second kappa shape index (κ2) is 8.35. The Morgan fingerprint density at radius 2 is 1.83 bits per heavy atom. The van der Waals surface area contributed by atoms with Gasteiger partial charge in [-0.1, -0.05) is 26.0 Å². The molecule has 3 nitrogen and oxygen atoms in total. The number of alkyl halides is 1. The molecule has 4 heteroatoms. The number of benzene rings is 1. The van der Waals surface area contributed by atoms with Gasteiger partial charge in [-0.3, -0.25) is 4.90 Å². The van der Waals surface area contributed by atoms with Crippen LogP contribution in [0.15, 0.2) is 24.3 Å². The van der Waals surface area contributed by atoms with Gasteiger partial charge < -0.3 is 10.4 Å². The van der Waals surface area contributed by atoms with E-state index in [2.05, 4.69) is 36.2 Å². The van der Waals surface area contributed by atoms with E-state index in [1.165, 1.54) is 5.56 Å². The third-order valence-corrected chi connectivity index (χ3v) is 3.33. The van der Waals surface area contributed by atoms with E-state index >= 15 is 0 Å². The second-order valence-corrected chi connectivity index (χ2v) is 4.66. The van der Waals surface area contributed by atoms with Gasteiger partial charge in [0.2, 0.25) is 0 Å². The van der Waals surface area contributed by atoms with E-state index in [1.807, 2.05) is 12.1 Å². The van der Waals surface area contributed by atoms with Crippen molar-refractivity contribution in [2.45, 2.75) is 26.5 Å². The minimum atomic E-state index is -0.498. The normalized spacial score (nSPS) is 12.7. The van der Waals surface area contributed by atoms with Crippen LogP contribution in [-0.4, -0.2) is 41.6 Å². The smallest absolute Gasteiger partial charge is 0.0847 e. The van der Waals surface area contributed by atoms with Crippen molar-refractivity contribution >= 4 is 17.3 Å². The number of anilines is 1. The lowest BCUT2D eigenvalue weighted by molar-refractivity contribution is 0.211. The Hall–Kier alpha value is -0.770. The van der Waals surface area contributed by atoms with Crippen molar-refractivity contribution < 1.29 is 5.11 Å². The molecule has 0 spiro atoms. The molecule has 0 aliphatic heterocycles. The van der Waals surface area contributed by atoms with Crippen LogP contribution in [0.1, 0.15) is 19.4 Å². The van der Waals surface area contributed by atoms with Crippen LogP contribution in [0.2, 0.25) is 0 Å². The molecule has 1 unspecified atom stereocenters. The molecule has 0 saturated heterocycles. The molecule has 1 atom stereocenters. The van der Waals surface area contributed by atoms with Crippen molar-refractivity contribution in [3.63, 3.8) is 0 Å². The van der Waals surface area contributed by atoms with Gasteiger partial charge in [-0.2, -0.15) is 0 Å². The lowest BCUT2D eigenvalue weighted by Gasteiger charge is -2.18. The van der Waals surface area contributed by atoms with Crippen LogP contribution in [0.3, 0.4) is 0 Å². The van der Waals surface area contributed by atoms with Gasteiger partial charge in [0.05, 0.1) is 12.0 Å². The van der Waals surface area contributed by atoms with Gasteiger partial charge in [-0.05, 0) is 30.8 Å². The standard InChI is InChI=1S/C14H23ClN2O/c1-3-17(4-2)11-12-5-7-13(8-6-12)16-10-14(18)9-15/h5-8,14,16,18H,3-4,9-11H2,1-2H3. The lowest BCUT2D eigenvalue weighted by Crippen LogP contribution is -2.22. The average molecular weight is 271 g/mol. The van der Waals surface area contributed by atoms with E-state index in [1.54, 1.807) is 0 Å². The van der Waals surface area contributed by atoms with Gasteiger partial charge in [-0.15, -0.1) is 11.6 Å². The summed E-state index contributed by atoms with van der Waals surface area (Å²) in [5.74, 6) is 0.257. The van der Waals surface area contributed by atoms with E-state index in [0.717, 1.165) is 25.3 Å². The highest BCUT2D eigenvalue weighted by Crippen LogP contribution is 2.11. The molecule has 0 aliphatic carbocycles. The molecule has 1 rings (SSSR count). The van der Waals surface area contributed by atoms with Crippen LogP contribution in [0.4, 0.5) is 5.69 Å². The summed E-state index contributed by atoms with van der Waals surface area (Å²) in [7, 11) is 0. The van der Waals surface area contributed by atoms with Gasteiger partial charge in [0.1, 0.15) is 0 Å². The molecule has 0 aromatic heterocycles. The van der Waals surface area contributed by atoms with Gasteiger partial charge in [0.25, 0.3) is 0 Å². The fourth-order valence-electron chi connectivity index (χ4n) is 1.72. The quantitative estimate of drug-likeness (QED) is 0.713. The van der Waals surface area contributed by atoms with Gasteiger partial charge >= 0.3 is 0 Å². The van der Waals surface area contributed by atoms with E-state index in [9.17, 15) is 5.11 Å². The van der Waals surface area contributed by atoms with E-state index in [4.69, 9.17) is 11.6 Å². The van der Waals surface area contributed by atoms with Crippen molar-refractivity contribution in [2.24, 2.45) is 0 Å². The fourth-order valence-corrected chi connectivity index (χ4v) is 1.83. The van der Waals surface area contributed by atoms with Crippen LogP contribution in [0.25, 0.3) is 0 Å². The Bertz CT molecular complexity index is 325. The van der Waals surface area contributed by atoms with Crippen LogP contribution in [-0.2, 0) is 6.54 Å². The molecule has 2 N–H and O–H groups in total. The monoisotopic (exact) mass is 270 g/mol. The molecular weight excluding hydrogens is 248 g/mol. The predicted octanol–water partition coefficient (Wildman–Crippen LogP) is 2.54. The first-order valence-electron chi connectivity index (χ1n) is 6.48. The lowest BCUT2D eigenvalue weighted by atomic mass is 10.2. The summed E-state index contributed by atoms with van der Waals surface area (Å²) in [5, 5.41) is 12.5. The third-order valence-electron chi connectivity index (χ3n) is 2.97. The van der Waals surface area contributed by atoms with Crippen molar-refractivity contribution in [1.82, 2.24) is 4.90 Å². The SMILES string of the molecule is CCN(CC)Cc1ccc(NCC(O)CCl)cc1. The maximum Gasteiger partial charge on any atom is 0.0847 e. The maximum atomic E-state index is 9.36. The fraction of sp³-hybridized carbons (Fsp3) is 0.571. The molecular formula is C14H23ClN2O. The number of halogens is 1. The number of aliphatic hydroxyl groups is 1. The second-order valence-electron chi connectivity index (χ2n) is 4.35. The number of hydrogen-bond donors (Lipinski definition) is 2. The zero-order chi connectivity index (χ0) is 13.4. The summed E-state index contributed by atoms with van der Waals surface area (Å²) >= 11 is 5.54. The van der Waals surface area contributed by atoms with Crippen LogP contribution in [0.5, 0.6) is 0 Å². The molecule has 0 amide bonds. The predicted molar refractivity (Wildman–Crippen MR) is 78.3 cm³/mol. The topological polar surface area (TPSA) is 35.5 Å². The summed E-state index contributed by atoms with van der Waals surface area (Å²) in [6.07, 6.45) is -0.498. The minimum absolute atomic E-state index is 0.257. The van der Waals surface area contributed by atoms with E-state index < -0.39 is 6.10 Å². The molecule has 102 valence electrons. The summed E-state index contributed by atoms with van der Waals surface area (Å²) in [5.41, 5.74) is 2.32. The first kappa shape index (κ1) is 15.3. The Kier molecular flexibility index (Phi) is 7.09. The van der Waals surface area contributed by atoms with Crippen molar-refractivity contribution in [2.75, 3.05) is 30.8 Å². The summed E-state index contributed by atoms with van der Waals surface area (Å²) in [6, 6.07) is 8.32. The molecule has 1 aromatic rings. The Balaban J connectivity index is 2.47. The summed E-state index contributed by atoms with van der Waals surface area (Å²) in [4.78, 5) is 2.37. The van der Waals surface area contributed by atoms with Crippen LogP contribution < -0.4 is 5.32 Å². The number of nitrogens with one attached hydrogen (secondary N) is 1. The highest BCUT2D eigenvalue weighted by molar-refractivity contribution is 6.18. The summed E-state index contributed by atoms with van der Waals surface area (Å²) < 4.78 is 0. The Labute approximate surface area is 115 Å². The minimum Gasteiger partial charge on any atom is -0.390 e. The van der Waals surface area contributed by atoms with Crippen molar-refractivity contribution in [3.05, 3.63) is 29.8 Å². The van der Waals surface area contributed by atoms with Crippen molar-refractivity contribution in [3.8, 4) is 0 Å². The number of hydrogen-bond acceptors (Lipinski definition) is 3. The maximum absolute atomic E-state index is 9.36. The molecule has 0 fully saturated rings. The largest absolute Gasteiger partial charge is 0.390 e. The van der Waals surface area contributed by atoms with E-state index in [0.29, 0.717) is 6.54 Å². The number of nitrogens with zero attached hydrogens (tertiary/aromatic N) is 1. The number of rotatable bonds is 8. The van der Waals surface area contributed by atoms with Crippen molar-refractivity contribution in [1.29, 1.82) is 0 Å². The Morgan fingerprint density at radius 3 is 2.33 bits per heavy atom. The molecule has 0 radical (unpaired) electrons. The van der Waals surface area contributed by atoms with Crippen LogP contribution >= 0.6 is 11.6 Å². The van der Waals surface area contributed by atoms with Gasteiger partial charge in [0, 0.05) is 18.8 Å². The van der Waals surface area contributed by atoms with Crippen LogP contribution in [0, 0.1) is 0 Å². The van der Waals surface area contributed by atoms with Gasteiger partial charge in [0.15, 0.2) is 0 Å². The zero-order valence-electron chi connectivity index (χ0n) is 11.2. The molecule has 18 heavy (non-hydrogen) atoms. The molecule has 0 heterocycles. The molecule has 0 bridgehead atoms. The average Bonchev–Trinajstić information content (AvgIpc) is 2.43. The van der Waals surface area contributed by atoms with E-state index in [-0.39, 0.29) is 5.88 Å². The zero-order valence-corrected chi connectivity index (χ0v) is 12.0. The first-order valence-corrected chi connectivity index (χ1v) is 7.02. The summed E-state index contributed by atoms with van der Waals surface area (Å²) in [6.45, 7) is 7.95. The highest BCUT2D eigenvalue weighted by atomic mass is 35.5. The van der Waals surface area contributed by atoms with Gasteiger partial charge in [-0.25, -0.2) is 0 Å². The molecule has 0 aliphatic rings. The molecule has 0 saturated carbocycles. The third kappa shape index (κ3) is 5.25.